The molecule has 0 aliphatic carbocycles. The predicted molar refractivity (Wildman–Crippen MR) is 84.3 cm³/mol. The Morgan fingerprint density at radius 1 is 1.04 bits per heavy atom. The molecule has 0 aromatic heterocycles. The molecule has 11 heteroatoms. The van der Waals surface area contributed by atoms with Crippen LogP contribution in [0.3, 0.4) is 0 Å². The average Bonchev–Trinajstić information content (AvgIpc) is 2.60. The van der Waals surface area contributed by atoms with Gasteiger partial charge in [0.15, 0.2) is 0 Å². The lowest BCUT2D eigenvalue weighted by molar-refractivity contribution is -0.705. The molecular formula is C14H13N5O6. The molecule has 0 unspecified atom stereocenters. The van der Waals surface area contributed by atoms with E-state index in [0.29, 0.717) is 0 Å². The molecule has 0 bridgehead atoms. The summed E-state index contributed by atoms with van der Waals surface area (Å²) in [6.07, 6.45) is 0. The Balaban J connectivity index is 2.14. The van der Waals surface area contributed by atoms with E-state index in [2.05, 4.69) is 5.28 Å². The van der Waals surface area contributed by atoms with Crippen molar-refractivity contribution in [2.75, 3.05) is 7.05 Å². The molecule has 0 amide bonds. The molecule has 0 saturated carbocycles. The second kappa shape index (κ2) is 7.68. The molecule has 0 aliphatic heterocycles. The maximum Gasteiger partial charge on any atom is 0.321 e. The van der Waals surface area contributed by atoms with E-state index in [-0.39, 0.29) is 17.3 Å². The van der Waals surface area contributed by atoms with Gasteiger partial charge in [0.2, 0.25) is 11.0 Å². The van der Waals surface area contributed by atoms with Crippen molar-refractivity contribution < 1.29 is 19.7 Å². The molecule has 2 aromatic carbocycles. The molecule has 2 aromatic rings. The average molecular weight is 347 g/mol. The van der Waals surface area contributed by atoms with E-state index in [9.17, 15) is 25.4 Å². The smallest absolute Gasteiger partial charge is 0.321 e. The molecule has 0 heterocycles. The summed E-state index contributed by atoms with van der Waals surface area (Å²) in [6.45, 7) is 0.236. The maximum atomic E-state index is 11.8. The molecule has 0 spiro atoms. The van der Waals surface area contributed by atoms with Crippen molar-refractivity contribution in [1.82, 2.24) is 5.01 Å². The summed E-state index contributed by atoms with van der Waals surface area (Å²) < 4.78 is 0. The predicted octanol–water partition coefficient (Wildman–Crippen LogP) is 2.81. The van der Waals surface area contributed by atoms with Gasteiger partial charge in [-0.1, -0.05) is 30.3 Å². The van der Waals surface area contributed by atoms with Gasteiger partial charge in [-0.15, -0.1) is 5.01 Å². The Morgan fingerprint density at radius 2 is 1.72 bits per heavy atom. The molecule has 11 nitrogen and oxygen atoms in total. The van der Waals surface area contributed by atoms with Crippen molar-refractivity contribution in [1.29, 1.82) is 0 Å². The van der Waals surface area contributed by atoms with Crippen LogP contribution in [-0.2, 0) is 6.54 Å². The van der Waals surface area contributed by atoms with Crippen LogP contribution in [0.5, 0.6) is 5.75 Å². The number of rotatable bonds is 7. The van der Waals surface area contributed by atoms with Crippen molar-refractivity contribution in [2.45, 2.75) is 6.54 Å². The lowest BCUT2D eigenvalue weighted by Gasteiger charge is -2.12. The first kappa shape index (κ1) is 17.6. The first-order chi connectivity index (χ1) is 11.9. The van der Waals surface area contributed by atoms with Crippen LogP contribution in [0, 0.1) is 25.4 Å². The minimum atomic E-state index is -0.860. The van der Waals surface area contributed by atoms with Crippen LogP contribution in [0.15, 0.2) is 53.8 Å². The second-order valence-corrected chi connectivity index (χ2v) is 4.89. The van der Waals surface area contributed by atoms with Crippen molar-refractivity contribution in [3.63, 3.8) is 0 Å². The summed E-state index contributed by atoms with van der Waals surface area (Å²) in [6, 6.07) is 11.8. The fraction of sp³-hybridized carbons (Fsp3) is 0.143. The normalized spacial score (nSPS) is 11.0. The third-order valence-corrected chi connectivity index (χ3v) is 3.11. The van der Waals surface area contributed by atoms with Crippen LogP contribution in [0.25, 0.3) is 0 Å². The zero-order valence-electron chi connectivity index (χ0n) is 13.0. The molecule has 0 atom stereocenters. The van der Waals surface area contributed by atoms with Crippen molar-refractivity contribution in [3.8, 4) is 5.75 Å². The number of nitro benzene ring substituents is 2. The van der Waals surface area contributed by atoms with Crippen molar-refractivity contribution in [3.05, 3.63) is 79.5 Å². The molecule has 0 saturated heterocycles. The number of hydrogen-bond donors (Lipinski definition) is 0. The van der Waals surface area contributed by atoms with Crippen LogP contribution in [0.1, 0.15) is 5.56 Å². The summed E-state index contributed by atoms with van der Waals surface area (Å²) in [7, 11) is 1.46. The van der Waals surface area contributed by atoms with Crippen LogP contribution >= 0.6 is 0 Å². The van der Waals surface area contributed by atoms with Crippen molar-refractivity contribution >= 4 is 11.4 Å². The summed E-state index contributed by atoms with van der Waals surface area (Å²) in [5, 5.41) is 37.9. The number of non-ortho nitro benzene ring substituents is 1. The van der Waals surface area contributed by atoms with Crippen LogP contribution in [0.4, 0.5) is 11.4 Å². The van der Waals surface area contributed by atoms with Gasteiger partial charge in [-0.05, 0) is 11.6 Å². The van der Waals surface area contributed by atoms with E-state index in [4.69, 9.17) is 4.84 Å². The van der Waals surface area contributed by atoms with Gasteiger partial charge >= 0.3 is 5.69 Å². The van der Waals surface area contributed by atoms with Crippen LogP contribution in [0.2, 0.25) is 0 Å². The highest BCUT2D eigenvalue weighted by Crippen LogP contribution is 2.31. The Kier molecular flexibility index (Phi) is 5.40. The van der Waals surface area contributed by atoms with Crippen LogP contribution < -0.4 is 4.84 Å². The Labute approximate surface area is 141 Å². The van der Waals surface area contributed by atoms with E-state index in [1.54, 1.807) is 0 Å². The zero-order chi connectivity index (χ0) is 18.4. The van der Waals surface area contributed by atoms with E-state index in [1.807, 2.05) is 30.3 Å². The van der Waals surface area contributed by atoms with Gasteiger partial charge in [-0.3, -0.25) is 25.1 Å². The largest absolute Gasteiger partial charge is 0.569 e. The van der Waals surface area contributed by atoms with E-state index < -0.39 is 21.2 Å². The summed E-state index contributed by atoms with van der Waals surface area (Å²) >= 11 is 0. The van der Waals surface area contributed by atoms with E-state index in [0.717, 1.165) is 23.8 Å². The summed E-state index contributed by atoms with van der Waals surface area (Å²) in [5.41, 5.74) is -0.293. The fourth-order valence-corrected chi connectivity index (χ4v) is 1.89. The maximum absolute atomic E-state index is 11.8. The zero-order valence-corrected chi connectivity index (χ0v) is 13.0. The van der Waals surface area contributed by atoms with Gasteiger partial charge in [0.25, 0.3) is 5.69 Å². The Hall–Kier alpha value is -3.76. The third kappa shape index (κ3) is 4.60. The number of benzene rings is 2. The molecule has 0 aliphatic rings. The van der Waals surface area contributed by atoms with Gasteiger partial charge in [-0.2, -0.15) is 0 Å². The Bertz CT molecular complexity index is 811. The number of hydrazine groups is 1. The van der Waals surface area contributed by atoms with Crippen LogP contribution in [-0.4, -0.2) is 26.9 Å². The van der Waals surface area contributed by atoms with Gasteiger partial charge < -0.3 is 5.21 Å². The first-order valence-corrected chi connectivity index (χ1v) is 6.91. The topological polar surface area (TPSA) is 137 Å². The van der Waals surface area contributed by atoms with E-state index >= 15 is 0 Å². The van der Waals surface area contributed by atoms with Gasteiger partial charge in [-0.25, -0.2) is 0 Å². The first-order valence-electron chi connectivity index (χ1n) is 6.91. The quantitative estimate of drug-likeness (QED) is 0.325. The molecule has 0 radical (unpaired) electrons. The number of nitro groups is 2. The minimum Gasteiger partial charge on any atom is -0.569 e. The monoisotopic (exact) mass is 347 g/mol. The van der Waals surface area contributed by atoms with Gasteiger partial charge in [0.1, 0.15) is 6.54 Å². The SMILES string of the molecule is CN(Cc1ccccc1)/[N+]([O-])=N/Oc1ccc([N+](=O)[O-])cc1[N+](=O)[O-]. The molecular weight excluding hydrogens is 334 g/mol. The summed E-state index contributed by atoms with van der Waals surface area (Å²) in [5.74, 6) is -0.385. The highest BCUT2D eigenvalue weighted by molar-refractivity contribution is 5.53. The van der Waals surface area contributed by atoms with E-state index in [1.165, 1.54) is 12.1 Å². The molecule has 2 rings (SSSR count). The minimum absolute atomic E-state index is 0.123. The van der Waals surface area contributed by atoms with Gasteiger partial charge in [0, 0.05) is 6.07 Å². The number of nitrogens with zero attached hydrogens (tertiary/aromatic N) is 5. The lowest BCUT2D eigenvalue weighted by Crippen LogP contribution is -2.26. The molecule has 0 fully saturated rings. The molecule has 130 valence electrons. The van der Waals surface area contributed by atoms with Gasteiger partial charge in [0.05, 0.1) is 27.9 Å². The van der Waals surface area contributed by atoms with Crippen molar-refractivity contribution in [2.24, 2.45) is 5.28 Å². The molecule has 25 heavy (non-hydrogen) atoms. The lowest BCUT2D eigenvalue weighted by atomic mass is 10.2. The highest BCUT2D eigenvalue weighted by Gasteiger charge is 2.22. The summed E-state index contributed by atoms with van der Waals surface area (Å²) in [4.78, 5) is 24.9. The second-order valence-electron chi connectivity index (χ2n) is 4.89. The highest BCUT2D eigenvalue weighted by atomic mass is 16.7. The fourth-order valence-electron chi connectivity index (χ4n) is 1.89. The Morgan fingerprint density at radius 3 is 2.32 bits per heavy atom. The standard InChI is InChI=1S/C14H13N5O6/c1-16(10-11-5-3-2-4-6-11)19(24)15-25-14-8-7-12(17(20)21)9-13(14)18(22)23/h2-9H,10H2,1H3/b19-15-. The number of hydrogen-bond acceptors (Lipinski definition) is 7. The third-order valence-electron chi connectivity index (χ3n) is 3.11. The molecule has 0 N–H and O–H groups in total.